The molecule has 7 nitrogen and oxygen atoms in total. The average molecular weight is 388 g/mol. The van der Waals surface area contributed by atoms with Gasteiger partial charge in [0.25, 0.3) is 5.69 Å². The summed E-state index contributed by atoms with van der Waals surface area (Å²) in [5.74, 6) is -0.479. The molecule has 0 amide bonds. The van der Waals surface area contributed by atoms with Gasteiger partial charge in [-0.15, -0.1) is 11.3 Å². The Morgan fingerprint density at radius 2 is 2.00 bits per heavy atom. The maximum Gasteiger partial charge on any atom is 0.420 e. The van der Waals surface area contributed by atoms with Crippen molar-refractivity contribution >= 4 is 39.7 Å². The molecule has 0 aliphatic heterocycles. The summed E-state index contributed by atoms with van der Waals surface area (Å²) < 4.78 is 6.68. The van der Waals surface area contributed by atoms with Gasteiger partial charge in [0.1, 0.15) is 5.01 Å². The highest BCUT2D eigenvalue weighted by atomic mass is 35.5. The van der Waals surface area contributed by atoms with Crippen LogP contribution in [0.25, 0.3) is 21.7 Å². The van der Waals surface area contributed by atoms with Crippen LogP contribution in [0.1, 0.15) is 5.69 Å². The van der Waals surface area contributed by atoms with Gasteiger partial charge in [0.2, 0.25) is 0 Å². The van der Waals surface area contributed by atoms with E-state index in [0.29, 0.717) is 26.8 Å². The van der Waals surface area contributed by atoms with Gasteiger partial charge in [0.05, 0.1) is 22.7 Å². The van der Waals surface area contributed by atoms with Crippen LogP contribution in [0.5, 0.6) is 0 Å². The van der Waals surface area contributed by atoms with Crippen LogP contribution in [0.3, 0.4) is 0 Å². The molecule has 0 N–H and O–H groups in total. The second-order valence-electron chi connectivity index (χ2n) is 5.51. The summed E-state index contributed by atoms with van der Waals surface area (Å²) >= 11 is 7.40. The summed E-state index contributed by atoms with van der Waals surface area (Å²) in [6.45, 7) is 0.246. The molecule has 2 aromatic carbocycles. The summed E-state index contributed by atoms with van der Waals surface area (Å²) in [4.78, 5) is 26.9. The largest absolute Gasteiger partial charge is 0.420 e. The molecular weight excluding hydrogens is 378 g/mol. The highest BCUT2D eigenvalue weighted by Gasteiger charge is 2.13. The van der Waals surface area contributed by atoms with E-state index < -0.39 is 10.7 Å². The number of thiazole rings is 1. The van der Waals surface area contributed by atoms with Gasteiger partial charge in [0, 0.05) is 28.1 Å². The smallest absolute Gasteiger partial charge is 0.408 e. The highest BCUT2D eigenvalue weighted by molar-refractivity contribution is 7.13. The molecule has 9 heteroatoms. The second-order valence-corrected chi connectivity index (χ2v) is 6.81. The molecule has 0 atom stereocenters. The van der Waals surface area contributed by atoms with E-state index in [-0.39, 0.29) is 12.2 Å². The third kappa shape index (κ3) is 3.00. The molecule has 0 fully saturated rings. The van der Waals surface area contributed by atoms with Crippen molar-refractivity contribution < 1.29 is 9.34 Å². The van der Waals surface area contributed by atoms with Crippen molar-refractivity contribution in [2.75, 3.05) is 0 Å². The number of benzene rings is 2. The van der Waals surface area contributed by atoms with Crippen molar-refractivity contribution in [3.63, 3.8) is 0 Å². The molecule has 0 spiro atoms. The molecular formula is C17H10ClN3O4S. The van der Waals surface area contributed by atoms with Gasteiger partial charge in [-0.25, -0.2) is 9.78 Å². The summed E-state index contributed by atoms with van der Waals surface area (Å²) in [5.41, 5.74) is 2.56. The van der Waals surface area contributed by atoms with E-state index in [1.54, 1.807) is 30.3 Å². The molecule has 0 radical (unpaired) electrons. The Labute approximate surface area is 155 Å². The fourth-order valence-corrected chi connectivity index (χ4v) is 3.57. The first-order valence-electron chi connectivity index (χ1n) is 7.49. The summed E-state index contributed by atoms with van der Waals surface area (Å²) in [6.07, 6.45) is 0. The second kappa shape index (κ2) is 6.40. The molecule has 0 aliphatic carbocycles. The number of non-ortho nitro benzene ring substituents is 1. The quantitative estimate of drug-likeness (QED) is 0.384. The van der Waals surface area contributed by atoms with Gasteiger partial charge < -0.3 is 4.42 Å². The molecule has 0 bridgehead atoms. The topological polar surface area (TPSA) is 91.2 Å². The lowest BCUT2D eigenvalue weighted by molar-refractivity contribution is -0.384. The first-order chi connectivity index (χ1) is 12.5. The maximum absolute atomic E-state index is 12.1. The van der Waals surface area contributed by atoms with Gasteiger partial charge >= 0.3 is 5.76 Å². The normalized spacial score (nSPS) is 11.1. The Bertz CT molecular complexity index is 1180. The Kier molecular flexibility index (Phi) is 4.06. The van der Waals surface area contributed by atoms with Crippen LogP contribution in [0, 0.1) is 10.1 Å². The first-order valence-corrected chi connectivity index (χ1v) is 8.75. The fraction of sp³-hybridized carbons (Fsp3) is 0.0588. The highest BCUT2D eigenvalue weighted by Crippen LogP contribution is 2.26. The van der Waals surface area contributed by atoms with E-state index in [4.69, 9.17) is 16.0 Å². The van der Waals surface area contributed by atoms with Crippen molar-refractivity contribution in [1.82, 2.24) is 9.55 Å². The minimum Gasteiger partial charge on any atom is -0.408 e. The minimum atomic E-state index is -0.479. The zero-order valence-electron chi connectivity index (χ0n) is 13.1. The lowest BCUT2D eigenvalue weighted by atomic mass is 10.2. The van der Waals surface area contributed by atoms with Gasteiger partial charge in [-0.1, -0.05) is 11.6 Å². The first kappa shape index (κ1) is 16.5. The van der Waals surface area contributed by atoms with E-state index in [0.717, 1.165) is 5.56 Å². The Morgan fingerprint density at radius 3 is 2.73 bits per heavy atom. The number of nitrogens with zero attached hydrogens (tertiary/aromatic N) is 3. The molecule has 2 heterocycles. The van der Waals surface area contributed by atoms with Crippen molar-refractivity contribution in [2.24, 2.45) is 0 Å². The number of nitro groups is 1. The number of nitro benzene ring substituents is 1. The SMILES string of the molecule is O=c1oc2ccc(Cl)cc2n1Cc1csc(-c2ccc([N+](=O)[O-])cc2)n1. The Morgan fingerprint density at radius 1 is 1.23 bits per heavy atom. The van der Waals surface area contributed by atoms with Crippen LogP contribution < -0.4 is 5.76 Å². The maximum atomic E-state index is 12.1. The number of rotatable bonds is 4. The van der Waals surface area contributed by atoms with Gasteiger partial charge in [-0.2, -0.15) is 0 Å². The number of fused-ring (bicyclic) bond motifs is 1. The lowest BCUT2D eigenvalue weighted by Crippen LogP contribution is -2.15. The van der Waals surface area contributed by atoms with E-state index >= 15 is 0 Å². The van der Waals surface area contributed by atoms with Crippen molar-refractivity contribution in [1.29, 1.82) is 0 Å². The van der Waals surface area contributed by atoms with Crippen LogP contribution in [0.4, 0.5) is 5.69 Å². The van der Waals surface area contributed by atoms with Gasteiger partial charge in [0.15, 0.2) is 5.58 Å². The molecule has 130 valence electrons. The van der Waals surface area contributed by atoms with Crippen LogP contribution in [-0.2, 0) is 6.54 Å². The van der Waals surface area contributed by atoms with E-state index in [1.807, 2.05) is 5.38 Å². The standard InChI is InChI=1S/C17H10ClN3O4S/c18-11-3-6-15-14(7-11)20(17(22)25-15)8-12-9-26-16(19-12)10-1-4-13(5-2-10)21(23)24/h1-7,9H,8H2. The van der Waals surface area contributed by atoms with Crippen molar-refractivity contribution in [3.8, 4) is 10.6 Å². The molecule has 0 aliphatic rings. The van der Waals surface area contributed by atoms with Crippen molar-refractivity contribution in [2.45, 2.75) is 6.54 Å². The average Bonchev–Trinajstić information content (AvgIpc) is 3.21. The third-order valence-electron chi connectivity index (χ3n) is 3.83. The molecule has 0 saturated carbocycles. The van der Waals surface area contributed by atoms with Gasteiger partial charge in [-0.05, 0) is 30.3 Å². The van der Waals surface area contributed by atoms with E-state index in [9.17, 15) is 14.9 Å². The number of aromatic nitrogens is 2. The van der Waals surface area contributed by atoms with Crippen LogP contribution in [0.15, 0.2) is 57.1 Å². The predicted octanol–water partition coefficient (Wildman–Crippen LogP) is 4.33. The fourth-order valence-electron chi connectivity index (χ4n) is 2.58. The zero-order chi connectivity index (χ0) is 18.3. The molecule has 4 aromatic rings. The van der Waals surface area contributed by atoms with E-state index in [1.165, 1.54) is 28.0 Å². The van der Waals surface area contributed by atoms with Crippen LogP contribution >= 0.6 is 22.9 Å². The molecule has 26 heavy (non-hydrogen) atoms. The summed E-state index contributed by atoms with van der Waals surface area (Å²) in [6, 6.07) is 11.2. The Hall–Kier alpha value is -2.97. The Balaban J connectivity index is 1.65. The summed E-state index contributed by atoms with van der Waals surface area (Å²) in [5, 5.41) is 13.8. The monoisotopic (exact) mass is 387 g/mol. The molecule has 0 unspecified atom stereocenters. The lowest BCUT2D eigenvalue weighted by Gasteiger charge is -2.00. The van der Waals surface area contributed by atoms with Crippen LogP contribution in [0.2, 0.25) is 5.02 Å². The zero-order valence-corrected chi connectivity index (χ0v) is 14.7. The molecule has 2 aromatic heterocycles. The van der Waals surface area contributed by atoms with Crippen LogP contribution in [-0.4, -0.2) is 14.5 Å². The third-order valence-corrected chi connectivity index (χ3v) is 5.00. The van der Waals surface area contributed by atoms with Crippen molar-refractivity contribution in [3.05, 3.63) is 79.2 Å². The van der Waals surface area contributed by atoms with Gasteiger partial charge in [-0.3, -0.25) is 14.7 Å². The minimum absolute atomic E-state index is 0.0267. The summed E-state index contributed by atoms with van der Waals surface area (Å²) in [7, 11) is 0. The number of hydrogen-bond acceptors (Lipinski definition) is 6. The predicted molar refractivity (Wildman–Crippen MR) is 98.8 cm³/mol. The number of oxazole rings is 1. The molecule has 0 saturated heterocycles. The van der Waals surface area contributed by atoms with E-state index in [2.05, 4.69) is 4.98 Å². The number of halogens is 1. The number of hydrogen-bond donors (Lipinski definition) is 0. The molecule has 4 rings (SSSR count).